The second kappa shape index (κ2) is 8.10. The van der Waals surface area contributed by atoms with Gasteiger partial charge >= 0.3 is 6.03 Å². The molecule has 1 N–H and O–H groups in total. The van der Waals surface area contributed by atoms with Crippen LogP contribution in [-0.4, -0.2) is 43.4 Å². The molecule has 0 fully saturated rings. The predicted octanol–water partition coefficient (Wildman–Crippen LogP) is 4.01. The molecule has 3 rings (SSSR count). The van der Waals surface area contributed by atoms with Crippen molar-refractivity contribution in [3.05, 3.63) is 59.1 Å². The second-order valence-corrected chi connectivity index (χ2v) is 6.42. The highest BCUT2D eigenvalue weighted by Crippen LogP contribution is 2.24. The Morgan fingerprint density at radius 3 is 2.77 bits per heavy atom. The standard InChI is InChI=1S/C19H20ClN3O3/c1-23(19(24)21-16-5-3-4-6-18(16)25-2)12-15-11-17(22-26-15)13-7-9-14(20)10-8-13/h3-10,15H,11-12H2,1-2H3,(H,21,24)/t15-/m0/s1. The number of anilines is 1. The van der Waals surface area contributed by atoms with E-state index in [1.807, 2.05) is 36.4 Å². The lowest BCUT2D eigenvalue weighted by molar-refractivity contribution is 0.0672. The number of nitrogens with zero attached hydrogens (tertiary/aromatic N) is 2. The number of oxime groups is 1. The fourth-order valence-corrected chi connectivity index (χ4v) is 2.81. The van der Waals surface area contributed by atoms with Crippen molar-refractivity contribution in [3.63, 3.8) is 0 Å². The van der Waals surface area contributed by atoms with E-state index in [-0.39, 0.29) is 12.1 Å². The fraction of sp³-hybridized carbons (Fsp3) is 0.263. The van der Waals surface area contributed by atoms with E-state index in [4.69, 9.17) is 21.2 Å². The summed E-state index contributed by atoms with van der Waals surface area (Å²) in [4.78, 5) is 19.5. The number of carbonyl (C=O) groups excluding carboxylic acids is 1. The molecule has 136 valence electrons. The van der Waals surface area contributed by atoms with E-state index in [1.54, 1.807) is 31.2 Å². The topological polar surface area (TPSA) is 63.2 Å². The van der Waals surface area contributed by atoms with E-state index >= 15 is 0 Å². The van der Waals surface area contributed by atoms with Crippen LogP contribution >= 0.6 is 11.6 Å². The van der Waals surface area contributed by atoms with Crippen LogP contribution in [0.25, 0.3) is 0 Å². The van der Waals surface area contributed by atoms with Crippen LogP contribution in [-0.2, 0) is 4.84 Å². The van der Waals surface area contributed by atoms with Gasteiger partial charge in [0.25, 0.3) is 0 Å². The number of halogens is 1. The lowest BCUT2D eigenvalue weighted by Crippen LogP contribution is -2.37. The van der Waals surface area contributed by atoms with Gasteiger partial charge in [-0.15, -0.1) is 0 Å². The zero-order chi connectivity index (χ0) is 18.5. The number of amides is 2. The molecule has 6 nitrogen and oxygen atoms in total. The molecule has 0 saturated heterocycles. The number of likely N-dealkylation sites (N-methyl/N-ethyl adjacent to an activating group) is 1. The summed E-state index contributed by atoms with van der Waals surface area (Å²) in [5, 5.41) is 7.65. The van der Waals surface area contributed by atoms with E-state index in [0.29, 0.717) is 29.4 Å². The molecule has 0 aromatic heterocycles. The fourth-order valence-electron chi connectivity index (χ4n) is 2.69. The van der Waals surface area contributed by atoms with Crippen molar-refractivity contribution in [2.75, 3.05) is 26.0 Å². The van der Waals surface area contributed by atoms with Crippen LogP contribution in [0, 0.1) is 0 Å². The Balaban J connectivity index is 1.54. The van der Waals surface area contributed by atoms with Crippen LogP contribution in [0.15, 0.2) is 53.7 Å². The third kappa shape index (κ3) is 4.26. The largest absolute Gasteiger partial charge is 0.495 e. The summed E-state index contributed by atoms with van der Waals surface area (Å²) in [5.41, 5.74) is 2.44. The minimum atomic E-state index is -0.238. The average Bonchev–Trinajstić information content (AvgIpc) is 3.11. The first-order chi connectivity index (χ1) is 12.6. The van der Waals surface area contributed by atoms with Crippen molar-refractivity contribution < 1.29 is 14.4 Å². The molecule has 1 aliphatic heterocycles. The molecule has 2 amide bonds. The smallest absolute Gasteiger partial charge is 0.321 e. The summed E-state index contributed by atoms with van der Waals surface area (Å²) < 4.78 is 5.25. The van der Waals surface area contributed by atoms with Gasteiger partial charge in [0.2, 0.25) is 0 Å². The Kier molecular flexibility index (Phi) is 5.63. The highest BCUT2D eigenvalue weighted by molar-refractivity contribution is 6.30. The Morgan fingerprint density at radius 1 is 1.31 bits per heavy atom. The van der Waals surface area contributed by atoms with Crippen LogP contribution in [0.1, 0.15) is 12.0 Å². The van der Waals surface area contributed by atoms with Crippen molar-refractivity contribution in [1.82, 2.24) is 4.90 Å². The summed E-state index contributed by atoms with van der Waals surface area (Å²) >= 11 is 5.91. The SMILES string of the molecule is COc1ccccc1NC(=O)N(C)C[C@@H]1CC(c2ccc(Cl)cc2)=NO1. The molecule has 0 radical (unpaired) electrons. The number of para-hydroxylation sites is 2. The predicted molar refractivity (Wildman–Crippen MR) is 102 cm³/mol. The number of ether oxygens (including phenoxy) is 1. The van der Waals surface area contributed by atoms with Gasteiger partial charge in [0.05, 0.1) is 25.1 Å². The minimum absolute atomic E-state index is 0.186. The number of hydrogen-bond acceptors (Lipinski definition) is 4. The third-order valence-electron chi connectivity index (χ3n) is 4.08. The minimum Gasteiger partial charge on any atom is -0.495 e. The van der Waals surface area contributed by atoms with Crippen LogP contribution in [0.5, 0.6) is 5.75 Å². The van der Waals surface area contributed by atoms with Crippen molar-refractivity contribution in [2.24, 2.45) is 5.16 Å². The van der Waals surface area contributed by atoms with Crippen LogP contribution < -0.4 is 10.1 Å². The molecular formula is C19H20ClN3O3. The first-order valence-electron chi connectivity index (χ1n) is 8.20. The van der Waals surface area contributed by atoms with E-state index in [2.05, 4.69) is 10.5 Å². The van der Waals surface area contributed by atoms with E-state index in [9.17, 15) is 4.79 Å². The first kappa shape index (κ1) is 18.1. The quantitative estimate of drug-likeness (QED) is 0.861. The second-order valence-electron chi connectivity index (χ2n) is 5.99. The number of hydrogen-bond donors (Lipinski definition) is 1. The molecule has 2 aromatic carbocycles. The summed E-state index contributed by atoms with van der Waals surface area (Å²) in [6.07, 6.45) is 0.447. The van der Waals surface area contributed by atoms with Gasteiger partial charge in [-0.1, -0.05) is 41.0 Å². The zero-order valence-electron chi connectivity index (χ0n) is 14.6. The molecule has 1 aliphatic rings. The number of urea groups is 1. The van der Waals surface area contributed by atoms with Crippen molar-refractivity contribution in [2.45, 2.75) is 12.5 Å². The third-order valence-corrected chi connectivity index (χ3v) is 4.34. The van der Waals surface area contributed by atoms with E-state index < -0.39 is 0 Å². The molecule has 1 heterocycles. The number of carbonyl (C=O) groups is 1. The first-order valence-corrected chi connectivity index (χ1v) is 8.58. The van der Waals surface area contributed by atoms with Crippen molar-refractivity contribution in [3.8, 4) is 5.75 Å². The molecule has 7 heteroatoms. The van der Waals surface area contributed by atoms with E-state index in [1.165, 1.54) is 0 Å². The molecule has 0 unspecified atom stereocenters. The molecule has 0 spiro atoms. The lowest BCUT2D eigenvalue weighted by Gasteiger charge is -2.21. The highest BCUT2D eigenvalue weighted by Gasteiger charge is 2.25. The van der Waals surface area contributed by atoms with E-state index in [0.717, 1.165) is 11.3 Å². The Hall–Kier alpha value is -2.73. The van der Waals surface area contributed by atoms with Crippen molar-refractivity contribution in [1.29, 1.82) is 0 Å². The van der Waals surface area contributed by atoms with Gasteiger partial charge in [0, 0.05) is 18.5 Å². The summed E-state index contributed by atoms with van der Waals surface area (Å²) in [5.74, 6) is 0.611. The number of nitrogens with one attached hydrogen (secondary N) is 1. The normalized spacial score (nSPS) is 15.8. The number of rotatable bonds is 5. The van der Waals surface area contributed by atoms with Gasteiger partial charge < -0.3 is 19.8 Å². The molecule has 2 aromatic rings. The molecular weight excluding hydrogens is 354 g/mol. The number of methoxy groups -OCH3 is 1. The maximum Gasteiger partial charge on any atom is 0.321 e. The molecule has 0 bridgehead atoms. The Bertz CT molecular complexity index is 808. The maximum absolute atomic E-state index is 12.4. The van der Waals surface area contributed by atoms with Gasteiger partial charge in [-0.25, -0.2) is 4.79 Å². The average molecular weight is 374 g/mol. The summed E-state index contributed by atoms with van der Waals surface area (Å²) in [6, 6.07) is 14.5. The Labute approximate surface area is 157 Å². The lowest BCUT2D eigenvalue weighted by atomic mass is 10.1. The van der Waals surface area contributed by atoms with Crippen molar-refractivity contribution >= 4 is 29.0 Å². The molecule has 0 aliphatic carbocycles. The Morgan fingerprint density at radius 2 is 2.04 bits per heavy atom. The van der Waals surface area contributed by atoms with Gasteiger partial charge in [-0.3, -0.25) is 0 Å². The molecule has 1 atom stereocenters. The monoisotopic (exact) mass is 373 g/mol. The van der Waals surface area contributed by atoms with Gasteiger partial charge in [-0.2, -0.15) is 0 Å². The van der Waals surface area contributed by atoms with Gasteiger partial charge in [0.1, 0.15) is 5.75 Å². The maximum atomic E-state index is 12.4. The van der Waals surface area contributed by atoms with Gasteiger partial charge in [0.15, 0.2) is 6.10 Å². The summed E-state index contributed by atoms with van der Waals surface area (Å²) in [7, 11) is 3.28. The summed E-state index contributed by atoms with van der Waals surface area (Å²) in [6.45, 7) is 0.418. The molecule has 0 saturated carbocycles. The van der Waals surface area contributed by atoms with Crippen LogP contribution in [0.2, 0.25) is 5.02 Å². The zero-order valence-corrected chi connectivity index (χ0v) is 15.4. The molecule has 26 heavy (non-hydrogen) atoms. The highest BCUT2D eigenvalue weighted by atomic mass is 35.5. The van der Waals surface area contributed by atoms with Crippen LogP contribution in [0.3, 0.4) is 0 Å². The number of benzene rings is 2. The van der Waals surface area contributed by atoms with Gasteiger partial charge in [-0.05, 0) is 29.8 Å². The van der Waals surface area contributed by atoms with Crippen LogP contribution in [0.4, 0.5) is 10.5 Å².